The summed E-state index contributed by atoms with van der Waals surface area (Å²) in [5.41, 5.74) is 4.51. The Bertz CT molecular complexity index is 1500. The molecule has 11 heteroatoms. The topological polar surface area (TPSA) is 181 Å². The number of amides is 1. The number of hydrogen-bond donors (Lipinski definition) is 3. The Balaban J connectivity index is 1.62. The van der Waals surface area contributed by atoms with E-state index in [0.717, 1.165) is 0 Å². The maximum Gasteiger partial charge on any atom is 0.337 e. The number of aliphatic hydroxyl groups is 1. The van der Waals surface area contributed by atoms with Crippen LogP contribution in [0.3, 0.4) is 0 Å². The van der Waals surface area contributed by atoms with Crippen molar-refractivity contribution in [2.24, 2.45) is 29.4 Å². The first-order valence-electron chi connectivity index (χ1n) is 12.7. The van der Waals surface area contributed by atoms with E-state index in [9.17, 15) is 39.0 Å². The van der Waals surface area contributed by atoms with E-state index in [-0.39, 0.29) is 24.2 Å². The number of carbonyl (C=O) groups is 6. The molecule has 6 atom stereocenters. The summed E-state index contributed by atoms with van der Waals surface area (Å²) in [5.74, 6) is -11.5. The lowest BCUT2D eigenvalue weighted by atomic mass is 9.52. The van der Waals surface area contributed by atoms with Crippen LogP contribution in [0.2, 0.25) is 0 Å². The number of carbonyl (C=O) groups excluding carboxylic acids is 6. The molecule has 40 heavy (non-hydrogen) atoms. The number of hydrogen-bond acceptors (Lipinski definition) is 10. The number of fused-ring (bicyclic) bond motifs is 3. The van der Waals surface area contributed by atoms with Crippen molar-refractivity contribution >= 4 is 35.0 Å². The summed E-state index contributed by atoms with van der Waals surface area (Å²) in [5, 5.41) is 22.3. The van der Waals surface area contributed by atoms with Gasteiger partial charge in [-0.3, -0.25) is 28.9 Å². The molecule has 0 spiro atoms. The zero-order valence-electron chi connectivity index (χ0n) is 22.0. The molecule has 2 fully saturated rings. The normalized spacial score (nSPS) is 29.5. The predicted molar refractivity (Wildman–Crippen MR) is 138 cm³/mol. The molecule has 4 N–H and O–H groups in total. The van der Waals surface area contributed by atoms with E-state index in [4.69, 9.17) is 10.5 Å². The fraction of sp³-hybridized carbons (Fsp3) is 0.379. The van der Waals surface area contributed by atoms with E-state index in [0.29, 0.717) is 22.3 Å². The van der Waals surface area contributed by atoms with E-state index in [1.165, 1.54) is 32.2 Å². The third-order valence-electron chi connectivity index (χ3n) is 8.56. The number of aromatic hydroxyl groups is 1. The lowest BCUT2D eigenvalue weighted by Gasteiger charge is -2.52. The van der Waals surface area contributed by atoms with Gasteiger partial charge in [-0.25, -0.2) is 4.79 Å². The Hall–Kier alpha value is -4.22. The van der Waals surface area contributed by atoms with Gasteiger partial charge in [-0.1, -0.05) is 18.2 Å². The fourth-order valence-corrected chi connectivity index (χ4v) is 6.78. The maximum atomic E-state index is 13.9. The summed E-state index contributed by atoms with van der Waals surface area (Å²) >= 11 is 0. The molecule has 2 saturated carbocycles. The summed E-state index contributed by atoms with van der Waals surface area (Å²) in [6.45, 7) is 0. The number of methoxy groups -OCH3 is 1. The largest absolute Gasteiger partial charge is 0.507 e. The second-order valence-electron chi connectivity index (χ2n) is 10.8. The second kappa shape index (κ2) is 9.46. The molecule has 2 aromatic rings. The lowest BCUT2D eigenvalue weighted by molar-refractivity contribution is -0.181. The molecule has 208 valence electrons. The third kappa shape index (κ3) is 3.72. The van der Waals surface area contributed by atoms with Gasteiger partial charge < -0.3 is 20.7 Å². The van der Waals surface area contributed by atoms with Crippen LogP contribution in [0.15, 0.2) is 36.4 Å². The molecule has 0 radical (unpaired) electrons. The van der Waals surface area contributed by atoms with Gasteiger partial charge >= 0.3 is 5.97 Å². The Morgan fingerprint density at radius 2 is 1.68 bits per heavy atom. The number of esters is 1. The number of phenolic OH excluding ortho intramolecular Hbond substituents is 1. The van der Waals surface area contributed by atoms with Gasteiger partial charge in [0.25, 0.3) is 0 Å². The SMILES string of the molecule is COC(=O)c1ccc(-c2ccc(O)c3c2C[C@H]2C[C@H]4[C@H](N(C)C)C(=O)C(C(N)=O)C(=O)[C@@]4(O)C(=O)C2C3=O)cc1. The molecule has 1 amide bonds. The number of likely N-dealkylation sites (N-methyl/N-ethyl adjacent to an activating group) is 1. The fourth-order valence-electron chi connectivity index (χ4n) is 6.78. The van der Waals surface area contributed by atoms with Crippen molar-refractivity contribution in [2.75, 3.05) is 21.2 Å². The van der Waals surface area contributed by atoms with Gasteiger partial charge in [-0.2, -0.15) is 0 Å². The molecule has 5 rings (SSSR count). The zero-order chi connectivity index (χ0) is 29.3. The summed E-state index contributed by atoms with van der Waals surface area (Å²) < 4.78 is 4.74. The lowest BCUT2D eigenvalue weighted by Crippen LogP contribution is -2.74. The highest BCUT2D eigenvalue weighted by molar-refractivity contribution is 6.32. The minimum absolute atomic E-state index is 0.0414. The van der Waals surface area contributed by atoms with Gasteiger partial charge in [0.15, 0.2) is 34.7 Å². The number of phenols is 1. The van der Waals surface area contributed by atoms with Crippen LogP contribution < -0.4 is 5.73 Å². The smallest absolute Gasteiger partial charge is 0.337 e. The molecule has 2 unspecified atom stereocenters. The van der Waals surface area contributed by atoms with Gasteiger partial charge in [-0.05, 0) is 67.7 Å². The third-order valence-corrected chi connectivity index (χ3v) is 8.56. The van der Waals surface area contributed by atoms with Gasteiger partial charge in [0, 0.05) is 5.92 Å². The second-order valence-corrected chi connectivity index (χ2v) is 10.8. The molecular formula is C29H28N2O9. The van der Waals surface area contributed by atoms with E-state index in [1.54, 1.807) is 30.3 Å². The van der Waals surface area contributed by atoms with Crippen LogP contribution in [0.4, 0.5) is 0 Å². The van der Waals surface area contributed by atoms with E-state index >= 15 is 0 Å². The van der Waals surface area contributed by atoms with Crippen LogP contribution >= 0.6 is 0 Å². The van der Waals surface area contributed by atoms with Crippen LogP contribution in [-0.2, 0) is 30.3 Å². The molecule has 3 aliphatic rings. The van der Waals surface area contributed by atoms with Crippen molar-refractivity contribution in [1.29, 1.82) is 0 Å². The molecule has 2 aromatic carbocycles. The van der Waals surface area contributed by atoms with Crippen LogP contribution in [0.25, 0.3) is 11.1 Å². The molecule has 0 aromatic heterocycles. The van der Waals surface area contributed by atoms with E-state index in [2.05, 4.69) is 0 Å². The van der Waals surface area contributed by atoms with E-state index in [1.807, 2.05) is 0 Å². The molecule has 11 nitrogen and oxygen atoms in total. The van der Waals surface area contributed by atoms with Crippen molar-refractivity contribution < 1.29 is 43.7 Å². The van der Waals surface area contributed by atoms with Crippen LogP contribution in [-0.4, -0.2) is 83.0 Å². The Kier molecular flexibility index (Phi) is 6.47. The van der Waals surface area contributed by atoms with Gasteiger partial charge in [0.1, 0.15) is 5.75 Å². The number of rotatable bonds is 4. The van der Waals surface area contributed by atoms with Gasteiger partial charge in [0.2, 0.25) is 5.91 Å². The van der Waals surface area contributed by atoms with Gasteiger partial charge in [0.05, 0.1) is 30.2 Å². The summed E-state index contributed by atoms with van der Waals surface area (Å²) in [6.07, 6.45) is 0.0919. The standard InChI is InChI=1S/C29H28N2O9/c1-31(2)22-17-11-14-10-16-15(12-4-6-13(7-5-12)28(38)40-3)8-9-18(32)20(16)23(33)19(14)25(35)29(17,39)26(36)21(24(22)34)27(30)37/h4-9,14,17,19,21-22,32,39H,10-11H2,1-3H3,(H2,30,37)/t14-,17-,19?,21?,22-,29-/m0/s1. The summed E-state index contributed by atoms with van der Waals surface area (Å²) in [7, 11) is 4.33. The van der Waals surface area contributed by atoms with Gasteiger partial charge in [-0.15, -0.1) is 0 Å². The number of ether oxygens (including phenoxy) is 1. The van der Waals surface area contributed by atoms with Crippen molar-refractivity contribution in [3.63, 3.8) is 0 Å². The molecule has 0 saturated heterocycles. The average Bonchev–Trinajstić information content (AvgIpc) is 2.90. The number of nitrogens with zero attached hydrogens (tertiary/aromatic N) is 1. The Morgan fingerprint density at radius 3 is 2.25 bits per heavy atom. The number of ketones is 4. The molecule has 0 bridgehead atoms. The number of primary amides is 1. The van der Waals surface area contributed by atoms with Crippen LogP contribution in [0.5, 0.6) is 5.75 Å². The highest BCUT2D eigenvalue weighted by Crippen LogP contribution is 2.51. The quantitative estimate of drug-likeness (QED) is 0.355. The molecule has 0 aliphatic heterocycles. The molecule has 3 aliphatic carbocycles. The molecule has 0 heterocycles. The first-order chi connectivity index (χ1) is 18.8. The van der Waals surface area contributed by atoms with Crippen molar-refractivity contribution in [3.8, 4) is 16.9 Å². The maximum absolute atomic E-state index is 13.9. The minimum atomic E-state index is -2.77. The summed E-state index contributed by atoms with van der Waals surface area (Å²) in [6, 6.07) is 8.25. The number of benzene rings is 2. The van der Waals surface area contributed by atoms with Crippen LogP contribution in [0, 0.1) is 23.7 Å². The molecular weight excluding hydrogens is 520 g/mol. The number of Topliss-reactive ketones (excluding diaryl/α,β-unsaturated/α-hetero) is 4. The minimum Gasteiger partial charge on any atom is -0.507 e. The first-order valence-corrected chi connectivity index (χ1v) is 12.7. The van der Waals surface area contributed by atoms with E-state index < -0.39 is 70.3 Å². The summed E-state index contributed by atoms with van der Waals surface area (Å²) in [4.78, 5) is 79.6. The zero-order valence-corrected chi connectivity index (χ0v) is 22.0. The van der Waals surface area contributed by atoms with Crippen molar-refractivity contribution in [3.05, 3.63) is 53.1 Å². The van der Waals surface area contributed by atoms with Crippen LogP contribution in [0.1, 0.15) is 32.7 Å². The van der Waals surface area contributed by atoms with Crippen molar-refractivity contribution in [2.45, 2.75) is 24.5 Å². The van der Waals surface area contributed by atoms with Crippen molar-refractivity contribution in [1.82, 2.24) is 4.90 Å². The first kappa shape index (κ1) is 27.4. The predicted octanol–water partition coefficient (Wildman–Crippen LogP) is 0.321. The highest BCUT2D eigenvalue weighted by atomic mass is 16.5. The highest BCUT2D eigenvalue weighted by Gasteiger charge is 2.69. The Labute approximate surface area is 228 Å². The Morgan fingerprint density at radius 1 is 1.02 bits per heavy atom. The average molecular weight is 549 g/mol. The monoisotopic (exact) mass is 548 g/mol. The number of nitrogens with two attached hydrogens (primary N) is 1.